The zero-order chi connectivity index (χ0) is 15.6. The highest BCUT2D eigenvalue weighted by Gasteiger charge is 2.28. The van der Waals surface area contributed by atoms with Gasteiger partial charge >= 0.3 is 5.97 Å². The van der Waals surface area contributed by atoms with Crippen LogP contribution in [0.3, 0.4) is 0 Å². The number of allylic oxidation sites excluding steroid dienone is 3. The molecule has 3 nitrogen and oxygen atoms in total. The lowest BCUT2D eigenvalue weighted by Gasteiger charge is -2.25. The lowest BCUT2D eigenvalue weighted by Crippen LogP contribution is -2.24. The van der Waals surface area contributed by atoms with E-state index in [1.54, 1.807) is 6.08 Å². The van der Waals surface area contributed by atoms with E-state index in [-0.39, 0.29) is 0 Å². The molecule has 2 fully saturated rings. The van der Waals surface area contributed by atoms with Gasteiger partial charge in [-0.05, 0) is 49.0 Å². The molecule has 0 unspecified atom stereocenters. The van der Waals surface area contributed by atoms with E-state index in [9.17, 15) is 4.79 Å². The fourth-order valence-electron chi connectivity index (χ4n) is 3.19. The van der Waals surface area contributed by atoms with Crippen molar-refractivity contribution >= 4 is 17.7 Å². The van der Waals surface area contributed by atoms with Gasteiger partial charge in [0.1, 0.15) is 0 Å². The monoisotopic (exact) mass is 324 g/mol. The number of rotatable bonds is 8. The topological polar surface area (TPSA) is 46.5 Å². The molecule has 2 rings (SSSR count). The Morgan fingerprint density at radius 1 is 1.09 bits per heavy atom. The van der Waals surface area contributed by atoms with Crippen molar-refractivity contribution in [3.05, 3.63) is 24.3 Å². The molecule has 1 N–H and O–H groups in total. The summed E-state index contributed by atoms with van der Waals surface area (Å²) >= 11 is 2.04. The van der Waals surface area contributed by atoms with Crippen LogP contribution >= 0.6 is 11.8 Å². The molecule has 0 spiro atoms. The Kier molecular flexibility index (Phi) is 8.10. The molecule has 0 aromatic rings. The maximum atomic E-state index is 10.4. The van der Waals surface area contributed by atoms with E-state index < -0.39 is 5.97 Å². The van der Waals surface area contributed by atoms with Crippen LogP contribution in [0.25, 0.3) is 0 Å². The second-order valence-corrected chi connectivity index (χ2v) is 7.41. The number of ether oxygens (including phenoxy) is 1. The van der Waals surface area contributed by atoms with Crippen molar-refractivity contribution in [2.45, 2.75) is 51.0 Å². The maximum Gasteiger partial charge on any atom is 0.327 e. The number of carbonyl (C=O) groups is 1. The average Bonchev–Trinajstić information content (AvgIpc) is 2.97. The standard InChI is InChI=1S/C18H28O3S/c19-18(20)11-7-2-1-4-8-15-13-22-14-16(15)12-21-17-9-5-3-6-10-17/h1,4,7,11,15-17H,2-3,5-6,8-10,12-14H2,(H,19,20)/t15-,16-/m1/s1. The van der Waals surface area contributed by atoms with E-state index in [2.05, 4.69) is 12.2 Å². The van der Waals surface area contributed by atoms with Crippen LogP contribution in [0.5, 0.6) is 0 Å². The van der Waals surface area contributed by atoms with E-state index in [0.29, 0.717) is 24.4 Å². The summed E-state index contributed by atoms with van der Waals surface area (Å²) in [6.45, 7) is 0.926. The van der Waals surface area contributed by atoms with Crippen LogP contribution in [-0.2, 0) is 9.53 Å². The van der Waals surface area contributed by atoms with Crippen LogP contribution in [0, 0.1) is 11.8 Å². The second kappa shape index (κ2) is 10.1. The van der Waals surface area contributed by atoms with E-state index >= 15 is 0 Å². The van der Waals surface area contributed by atoms with Gasteiger partial charge in [-0.15, -0.1) is 0 Å². The fourth-order valence-corrected chi connectivity index (χ4v) is 4.71. The van der Waals surface area contributed by atoms with Gasteiger partial charge in [0.25, 0.3) is 0 Å². The predicted octanol–water partition coefficient (Wildman–Crippen LogP) is 4.29. The SMILES string of the molecule is O=C(O)C=CCC=CC[C@@H]1CSC[C@H]1COC1CCCCC1. The molecule has 1 aliphatic heterocycles. The zero-order valence-corrected chi connectivity index (χ0v) is 14.1. The Bertz CT molecular complexity index is 386. The number of carboxylic acid groups (broad SMARTS) is 1. The molecule has 2 atom stereocenters. The van der Waals surface area contributed by atoms with Crippen LogP contribution in [-0.4, -0.2) is 35.3 Å². The van der Waals surface area contributed by atoms with E-state index in [4.69, 9.17) is 9.84 Å². The molecule has 0 radical (unpaired) electrons. The Morgan fingerprint density at radius 3 is 2.64 bits per heavy atom. The van der Waals surface area contributed by atoms with Gasteiger partial charge in [-0.3, -0.25) is 0 Å². The average molecular weight is 324 g/mol. The Labute approximate surface area is 138 Å². The van der Waals surface area contributed by atoms with Crippen molar-refractivity contribution in [3.8, 4) is 0 Å². The Hall–Kier alpha value is -0.740. The molecular weight excluding hydrogens is 296 g/mol. The van der Waals surface area contributed by atoms with Gasteiger partial charge in [-0.2, -0.15) is 11.8 Å². The zero-order valence-electron chi connectivity index (χ0n) is 13.3. The lowest BCUT2D eigenvalue weighted by atomic mass is 9.93. The molecule has 1 saturated heterocycles. The summed E-state index contributed by atoms with van der Waals surface area (Å²) in [6, 6.07) is 0. The van der Waals surface area contributed by atoms with Gasteiger partial charge in [0, 0.05) is 6.08 Å². The predicted molar refractivity (Wildman–Crippen MR) is 92.3 cm³/mol. The number of thioether (sulfide) groups is 1. The summed E-state index contributed by atoms with van der Waals surface area (Å²) in [6.07, 6.45) is 16.0. The minimum atomic E-state index is -0.875. The second-order valence-electron chi connectivity index (χ2n) is 6.33. The molecular formula is C18H28O3S. The summed E-state index contributed by atoms with van der Waals surface area (Å²) in [5.41, 5.74) is 0. The van der Waals surface area contributed by atoms with E-state index in [1.807, 2.05) is 11.8 Å². The number of aliphatic carboxylic acids is 1. The molecule has 0 aromatic heterocycles. The molecule has 0 aromatic carbocycles. The summed E-state index contributed by atoms with van der Waals surface area (Å²) in [5.74, 6) is 2.98. The van der Waals surface area contributed by atoms with Gasteiger partial charge in [-0.25, -0.2) is 4.79 Å². The highest BCUT2D eigenvalue weighted by Crippen LogP contribution is 2.33. The van der Waals surface area contributed by atoms with Gasteiger partial charge < -0.3 is 9.84 Å². The molecule has 124 valence electrons. The number of carboxylic acids is 1. The van der Waals surface area contributed by atoms with Crippen molar-refractivity contribution in [2.24, 2.45) is 11.8 Å². The largest absolute Gasteiger partial charge is 0.478 e. The Balaban J connectivity index is 1.64. The number of hydrogen-bond donors (Lipinski definition) is 1. The van der Waals surface area contributed by atoms with Crippen LogP contribution in [0.2, 0.25) is 0 Å². The molecule has 0 amide bonds. The van der Waals surface area contributed by atoms with Crippen molar-refractivity contribution in [3.63, 3.8) is 0 Å². The highest BCUT2D eigenvalue weighted by atomic mass is 32.2. The summed E-state index contributed by atoms with van der Waals surface area (Å²) < 4.78 is 6.15. The number of hydrogen-bond acceptors (Lipinski definition) is 3. The molecule has 0 bridgehead atoms. The third-order valence-electron chi connectivity index (χ3n) is 4.57. The molecule has 1 saturated carbocycles. The van der Waals surface area contributed by atoms with Crippen LogP contribution in [0.1, 0.15) is 44.9 Å². The molecule has 1 aliphatic carbocycles. The third kappa shape index (κ3) is 6.57. The Morgan fingerprint density at radius 2 is 1.86 bits per heavy atom. The van der Waals surface area contributed by atoms with E-state index in [0.717, 1.165) is 13.0 Å². The van der Waals surface area contributed by atoms with Gasteiger partial charge in [0.05, 0.1) is 12.7 Å². The van der Waals surface area contributed by atoms with Gasteiger partial charge in [0.15, 0.2) is 0 Å². The molecule has 4 heteroatoms. The minimum absolute atomic E-state index is 0.511. The van der Waals surface area contributed by atoms with Crippen LogP contribution < -0.4 is 0 Å². The minimum Gasteiger partial charge on any atom is -0.478 e. The van der Waals surface area contributed by atoms with E-state index in [1.165, 1.54) is 49.7 Å². The smallest absolute Gasteiger partial charge is 0.327 e. The summed E-state index contributed by atoms with van der Waals surface area (Å²) in [7, 11) is 0. The molecule has 22 heavy (non-hydrogen) atoms. The summed E-state index contributed by atoms with van der Waals surface area (Å²) in [5, 5.41) is 8.52. The fraction of sp³-hybridized carbons (Fsp3) is 0.722. The first-order chi connectivity index (χ1) is 10.8. The highest BCUT2D eigenvalue weighted by molar-refractivity contribution is 7.99. The first-order valence-corrected chi connectivity index (χ1v) is 9.65. The first-order valence-electron chi connectivity index (χ1n) is 8.49. The van der Waals surface area contributed by atoms with Crippen molar-refractivity contribution in [2.75, 3.05) is 18.1 Å². The van der Waals surface area contributed by atoms with Crippen molar-refractivity contribution in [1.29, 1.82) is 0 Å². The van der Waals surface area contributed by atoms with Gasteiger partial charge in [-0.1, -0.05) is 37.5 Å². The van der Waals surface area contributed by atoms with Gasteiger partial charge in [0.2, 0.25) is 0 Å². The van der Waals surface area contributed by atoms with Crippen molar-refractivity contribution < 1.29 is 14.6 Å². The normalized spacial score (nSPS) is 27.1. The lowest BCUT2D eigenvalue weighted by molar-refractivity contribution is -0.131. The third-order valence-corrected chi connectivity index (χ3v) is 5.89. The van der Waals surface area contributed by atoms with Crippen molar-refractivity contribution in [1.82, 2.24) is 0 Å². The van der Waals surface area contributed by atoms with Crippen LogP contribution in [0.4, 0.5) is 0 Å². The molecule has 2 aliphatic rings. The maximum absolute atomic E-state index is 10.4. The quantitative estimate of drug-likeness (QED) is 0.534. The molecule has 1 heterocycles. The summed E-state index contributed by atoms with van der Waals surface area (Å²) in [4.78, 5) is 10.4. The first kappa shape index (κ1) is 17.6. The van der Waals surface area contributed by atoms with Crippen LogP contribution in [0.15, 0.2) is 24.3 Å².